The summed E-state index contributed by atoms with van der Waals surface area (Å²) in [6, 6.07) is 8.02. The van der Waals surface area contributed by atoms with Crippen LogP contribution in [0.2, 0.25) is 0 Å². The molecule has 2 aromatic rings. The largest absolute Gasteiger partial charge is 0.485 e. The molecule has 0 unspecified atom stereocenters. The van der Waals surface area contributed by atoms with Crippen molar-refractivity contribution in [2.24, 2.45) is 0 Å². The Balaban J connectivity index is 1.56. The van der Waals surface area contributed by atoms with Gasteiger partial charge in [-0.1, -0.05) is 12.1 Å². The molecule has 0 saturated heterocycles. The molecule has 2 heterocycles. The standard InChI is InChI=1S/C17H14F3N3O5/c18-17(19,20)10-5-6-15(25)23(7-10)8-14(24)21-22-16(26)13-9-27-11-3-1-2-4-12(11)28-13/h1-7,13H,8-9H2,(H,21,24)(H,22,26)/t13-/m0/s1. The third-order valence-corrected chi connectivity index (χ3v) is 3.75. The lowest BCUT2D eigenvalue weighted by molar-refractivity contribution is -0.138. The molecule has 0 bridgehead atoms. The SMILES string of the molecule is O=C(Cn1cc(C(F)(F)F)ccc1=O)NNC(=O)[C@@H]1COc2ccccc2O1. The van der Waals surface area contributed by atoms with Crippen molar-refractivity contribution in [2.75, 3.05) is 6.61 Å². The number of rotatable bonds is 3. The molecular formula is C17H14F3N3O5. The lowest BCUT2D eigenvalue weighted by Crippen LogP contribution is -2.51. The monoisotopic (exact) mass is 397 g/mol. The zero-order valence-electron chi connectivity index (χ0n) is 14.2. The number of ether oxygens (including phenoxy) is 2. The molecule has 28 heavy (non-hydrogen) atoms. The number of carbonyl (C=O) groups is 2. The molecule has 8 nitrogen and oxygen atoms in total. The summed E-state index contributed by atoms with van der Waals surface area (Å²) in [7, 11) is 0. The van der Waals surface area contributed by atoms with Gasteiger partial charge in [-0.05, 0) is 18.2 Å². The highest BCUT2D eigenvalue weighted by Crippen LogP contribution is 2.30. The molecule has 0 saturated carbocycles. The van der Waals surface area contributed by atoms with E-state index in [2.05, 4.69) is 5.43 Å². The van der Waals surface area contributed by atoms with Gasteiger partial charge in [-0.25, -0.2) is 0 Å². The molecular weight excluding hydrogens is 383 g/mol. The van der Waals surface area contributed by atoms with Crippen LogP contribution in [0, 0.1) is 0 Å². The molecule has 11 heteroatoms. The summed E-state index contributed by atoms with van der Waals surface area (Å²) in [5.74, 6) is -0.790. The van der Waals surface area contributed by atoms with E-state index in [1.54, 1.807) is 24.3 Å². The van der Waals surface area contributed by atoms with Gasteiger partial charge in [-0.15, -0.1) is 0 Å². The summed E-state index contributed by atoms with van der Waals surface area (Å²) in [4.78, 5) is 35.6. The van der Waals surface area contributed by atoms with E-state index in [0.717, 1.165) is 0 Å². The summed E-state index contributed by atoms with van der Waals surface area (Å²) in [5, 5.41) is 0. The second-order valence-electron chi connectivity index (χ2n) is 5.78. The molecule has 1 aliphatic heterocycles. The maximum atomic E-state index is 12.7. The number of para-hydroxylation sites is 2. The number of hydrogen-bond donors (Lipinski definition) is 2. The molecule has 1 aromatic carbocycles. The maximum absolute atomic E-state index is 12.7. The molecule has 3 rings (SSSR count). The highest BCUT2D eigenvalue weighted by atomic mass is 19.4. The number of hydrogen-bond acceptors (Lipinski definition) is 5. The molecule has 0 radical (unpaired) electrons. The maximum Gasteiger partial charge on any atom is 0.417 e. The first-order valence-corrected chi connectivity index (χ1v) is 7.99. The average Bonchev–Trinajstić information content (AvgIpc) is 2.66. The van der Waals surface area contributed by atoms with Crippen molar-refractivity contribution in [1.29, 1.82) is 0 Å². The highest BCUT2D eigenvalue weighted by molar-refractivity contribution is 5.85. The first kappa shape index (κ1) is 19.3. The Kier molecular flexibility index (Phi) is 5.25. The number of halogens is 3. The van der Waals surface area contributed by atoms with Crippen molar-refractivity contribution in [3.8, 4) is 11.5 Å². The fourth-order valence-electron chi connectivity index (χ4n) is 2.38. The summed E-state index contributed by atoms with van der Waals surface area (Å²) in [6.07, 6.45) is -5.17. The van der Waals surface area contributed by atoms with Crippen molar-refractivity contribution in [2.45, 2.75) is 18.8 Å². The van der Waals surface area contributed by atoms with Crippen molar-refractivity contribution < 1.29 is 32.2 Å². The van der Waals surface area contributed by atoms with Gasteiger partial charge >= 0.3 is 6.18 Å². The van der Waals surface area contributed by atoms with Gasteiger partial charge in [-0.3, -0.25) is 25.2 Å². The van der Waals surface area contributed by atoms with Gasteiger partial charge in [0.05, 0.1) is 5.56 Å². The molecule has 1 aromatic heterocycles. The lowest BCUT2D eigenvalue weighted by atomic mass is 10.2. The van der Waals surface area contributed by atoms with E-state index in [9.17, 15) is 27.6 Å². The second-order valence-corrected chi connectivity index (χ2v) is 5.78. The van der Waals surface area contributed by atoms with Crippen LogP contribution >= 0.6 is 0 Å². The Labute approximate surface area is 155 Å². The van der Waals surface area contributed by atoms with Crippen LogP contribution in [-0.2, 0) is 22.3 Å². The summed E-state index contributed by atoms with van der Waals surface area (Å²) in [5.41, 5.74) is 2.24. The molecule has 1 aliphatic rings. The Morgan fingerprint density at radius 2 is 1.82 bits per heavy atom. The van der Waals surface area contributed by atoms with E-state index >= 15 is 0 Å². The number of benzene rings is 1. The number of alkyl halides is 3. The van der Waals surface area contributed by atoms with Gasteiger partial charge in [0.15, 0.2) is 11.5 Å². The second kappa shape index (κ2) is 7.62. The van der Waals surface area contributed by atoms with Crippen molar-refractivity contribution in [3.63, 3.8) is 0 Å². The zero-order chi connectivity index (χ0) is 20.3. The van der Waals surface area contributed by atoms with Crippen LogP contribution in [0.15, 0.2) is 47.4 Å². The number of fused-ring (bicyclic) bond motifs is 1. The fraction of sp³-hybridized carbons (Fsp3) is 0.235. The van der Waals surface area contributed by atoms with Crippen LogP contribution < -0.4 is 25.9 Å². The smallest absolute Gasteiger partial charge is 0.417 e. The Morgan fingerprint density at radius 3 is 2.54 bits per heavy atom. The van der Waals surface area contributed by atoms with Crippen LogP contribution in [-0.4, -0.2) is 29.1 Å². The summed E-state index contributed by atoms with van der Waals surface area (Å²) < 4.78 is 49.5. The minimum absolute atomic E-state index is 0.0915. The first-order valence-electron chi connectivity index (χ1n) is 7.99. The van der Waals surface area contributed by atoms with Gasteiger partial charge < -0.3 is 14.0 Å². The fourth-order valence-corrected chi connectivity index (χ4v) is 2.38. The minimum Gasteiger partial charge on any atom is -0.485 e. The predicted octanol–water partition coefficient (Wildman–Crippen LogP) is 0.854. The van der Waals surface area contributed by atoms with Gasteiger partial charge in [0.2, 0.25) is 6.10 Å². The van der Waals surface area contributed by atoms with Crippen LogP contribution in [0.1, 0.15) is 5.56 Å². The quantitative estimate of drug-likeness (QED) is 0.749. The molecule has 2 N–H and O–H groups in total. The number of carbonyl (C=O) groups excluding carboxylic acids is 2. The van der Waals surface area contributed by atoms with Crippen molar-refractivity contribution >= 4 is 11.8 Å². The van der Waals surface area contributed by atoms with E-state index in [0.29, 0.717) is 34.4 Å². The Hall–Kier alpha value is -3.50. The molecule has 2 amide bonds. The number of hydrazine groups is 1. The van der Waals surface area contributed by atoms with E-state index in [-0.39, 0.29) is 6.61 Å². The number of aromatic nitrogens is 1. The normalized spacial score (nSPS) is 15.6. The third kappa shape index (κ3) is 4.42. The summed E-state index contributed by atoms with van der Waals surface area (Å²) in [6.45, 7) is -0.806. The highest BCUT2D eigenvalue weighted by Gasteiger charge is 2.31. The molecule has 0 aliphatic carbocycles. The van der Waals surface area contributed by atoms with Gasteiger partial charge in [0, 0.05) is 12.3 Å². The molecule has 0 spiro atoms. The van der Waals surface area contributed by atoms with E-state index in [4.69, 9.17) is 9.47 Å². The topological polar surface area (TPSA) is 98.7 Å². The number of pyridine rings is 1. The Bertz CT molecular complexity index is 958. The van der Waals surface area contributed by atoms with Gasteiger partial charge in [0.25, 0.3) is 17.4 Å². The van der Waals surface area contributed by atoms with Crippen molar-refractivity contribution in [1.82, 2.24) is 15.4 Å². The molecule has 148 valence electrons. The van der Waals surface area contributed by atoms with E-state index < -0.39 is 41.8 Å². The van der Waals surface area contributed by atoms with Crippen LogP contribution in [0.5, 0.6) is 11.5 Å². The van der Waals surface area contributed by atoms with E-state index in [1.165, 1.54) is 0 Å². The van der Waals surface area contributed by atoms with Crippen LogP contribution in [0.3, 0.4) is 0 Å². The van der Waals surface area contributed by atoms with Crippen LogP contribution in [0.25, 0.3) is 0 Å². The molecule has 1 atom stereocenters. The van der Waals surface area contributed by atoms with Gasteiger partial charge in [0.1, 0.15) is 13.2 Å². The van der Waals surface area contributed by atoms with E-state index in [1.807, 2.05) is 5.43 Å². The predicted molar refractivity (Wildman–Crippen MR) is 88.3 cm³/mol. The van der Waals surface area contributed by atoms with Gasteiger partial charge in [-0.2, -0.15) is 13.2 Å². The third-order valence-electron chi connectivity index (χ3n) is 3.75. The summed E-state index contributed by atoms with van der Waals surface area (Å²) >= 11 is 0. The van der Waals surface area contributed by atoms with Crippen molar-refractivity contribution in [3.05, 3.63) is 58.5 Å². The molecule has 0 fully saturated rings. The van der Waals surface area contributed by atoms with Crippen LogP contribution in [0.4, 0.5) is 13.2 Å². The first-order chi connectivity index (χ1) is 13.2. The number of amides is 2. The Morgan fingerprint density at radius 1 is 1.11 bits per heavy atom. The number of nitrogens with zero attached hydrogens (tertiary/aromatic N) is 1. The average molecular weight is 397 g/mol. The number of nitrogens with one attached hydrogen (secondary N) is 2. The minimum atomic E-state index is -4.66. The zero-order valence-corrected chi connectivity index (χ0v) is 14.2. The lowest BCUT2D eigenvalue weighted by Gasteiger charge is -2.25.